The third kappa shape index (κ3) is 2.53. The smallest absolute Gasteiger partial charge is 0.144 e. The van der Waals surface area contributed by atoms with Gasteiger partial charge >= 0.3 is 0 Å². The number of aromatic nitrogens is 2. The van der Waals surface area contributed by atoms with E-state index in [1.165, 1.54) is 0 Å². The summed E-state index contributed by atoms with van der Waals surface area (Å²) in [5.41, 5.74) is 9.66. The van der Waals surface area contributed by atoms with Crippen molar-refractivity contribution in [1.29, 1.82) is 0 Å². The molecule has 22 heavy (non-hydrogen) atoms. The molecule has 0 atom stereocenters. The monoisotopic (exact) mass is 293 g/mol. The van der Waals surface area contributed by atoms with Crippen molar-refractivity contribution in [3.05, 3.63) is 48.3 Å². The maximum atomic E-state index is 5.93. The lowest BCUT2D eigenvalue weighted by Crippen LogP contribution is -2.13. The number of nitrogens with two attached hydrogens (primary N) is 1. The molecule has 3 rings (SSSR count). The van der Waals surface area contributed by atoms with E-state index < -0.39 is 0 Å². The van der Waals surface area contributed by atoms with Crippen LogP contribution in [0, 0.1) is 6.92 Å². The minimum absolute atomic E-state index is 0.708. The topological polar surface area (TPSA) is 67.1 Å². The zero-order valence-corrected chi connectivity index (χ0v) is 13.0. The van der Waals surface area contributed by atoms with Gasteiger partial charge in [0.25, 0.3) is 0 Å². The van der Waals surface area contributed by atoms with Crippen LogP contribution in [0.4, 0.5) is 22.9 Å². The van der Waals surface area contributed by atoms with Crippen LogP contribution in [0.1, 0.15) is 5.82 Å². The molecule has 112 valence electrons. The number of hydrogen-bond donors (Lipinski definition) is 2. The number of benzene rings is 2. The number of nitrogen functional groups attached to an aromatic ring is 1. The molecule has 0 fully saturated rings. The Kier molecular flexibility index (Phi) is 3.55. The van der Waals surface area contributed by atoms with Crippen LogP contribution < -0.4 is 16.0 Å². The molecule has 0 saturated carbocycles. The van der Waals surface area contributed by atoms with Crippen LogP contribution >= 0.6 is 0 Å². The molecule has 0 bridgehead atoms. The molecule has 0 aliphatic rings. The minimum atomic E-state index is 0.708. The van der Waals surface area contributed by atoms with Crippen molar-refractivity contribution in [1.82, 2.24) is 9.97 Å². The maximum absolute atomic E-state index is 5.93. The Morgan fingerprint density at radius 1 is 1.05 bits per heavy atom. The van der Waals surface area contributed by atoms with Crippen LogP contribution in [0.25, 0.3) is 10.9 Å². The highest BCUT2D eigenvalue weighted by Crippen LogP contribution is 2.30. The van der Waals surface area contributed by atoms with E-state index in [0.29, 0.717) is 5.69 Å². The van der Waals surface area contributed by atoms with E-state index in [1.54, 1.807) is 0 Å². The summed E-state index contributed by atoms with van der Waals surface area (Å²) < 4.78 is 0. The molecule has 3 N–H and O–H groups in total. The van der Waals surface area contributed by atoms with Gasteiger partial charge in [-0.05, 0) is 49.4 Å². The quantitative estimate of drug-likeness (QED) is 0.725. The number of hydrogen-bond acceptors (Lipinski definition) is 5. The first-order valence-corrected chi connectivity index (χ1v) is 7.14. The second kappa shape index (κ2) is 5.52. The number of fused-ring (bicyclic) bond motifs is 1. The lowest BCUT2D eigenvalue weighted by atomic mass is 10.2. The summed E-state index contributed by atoms with van der Waals surface area (Å²) >= 11 is 0. The van der Waals surface area contributed by atoms with Crippen molar-refractivity contribution < 1.29 is 0 Å². The van der Waals surface area contributed by atoms with Crippen LogP contribution in [0.3, 0.4) is 0 Å². The van der Waals surface area contributed by atoms with E-state index in [1.807, 2.05) is 51.4 Å². The van der Waals surface area contributed by atoms with E-state index in [-0.39, 0.29) is 0 Å². The molecule has 3 aromatic rings. The zero-order chi connectivity index (χ0) is 15.7. The fourth-order valence-electron chi connectivity index (χ4n) is 2.47. The largest absolute Gasteiger partial charge is 0.399 e. The van der Waals surface area contributed by atoms with Crippen LogP contribution in [-0.4, -0.2) is 24.1 Å². The molecule has 5 heteroatoms. The lowest BCUT2D eigenvalue weighted by Gasteiger charge is -2.21. The molecule has 1 aromatic heterocycles. The highest BCUT2D eigenvalue weighted by atomic mass is 15.2. The summed E-state index contributed by atoms with van der Waals surface area (Å²) in [6.45, 7) is 1.90. The first-order chi connectivity index (χ1) is 10.6. The van der Waals surface area contributed by atoms with Gasteiger partial charge in [0.1, 0.15) is 11.6 Å². The van der Waals surface area contributed by atoms with Gasteiger partial charge in [0.05, 0.1) is 5.52 Å². The second-order valence-electron chi connectivity index (χ2n) is 5.23. The van der Waals surface area contributed by atoms with Crippen molar-refractivity contribution in [3.8, 4) is 0 Å². The zero-order valence-electron chi connectivity index (χ0n) is 13.0. The van der Waals surface area contributed by atoms with Gasteiger partial charge in [-0.2, -0.15) is 0 Å². The van der Waals surface area contributed by atoms with Crippen molar-refractivity contribution in [3.63, 3.8) is 0 Å². The van der Waals surface area contributed by atoms with Crippen molar-refractivity contribution in [2.24, 2.45) is 0 Å². The Labute approximate surface area is 129 Å². The second-order valence-corrected chi connectivity index (χ2v) is 5.23. The van der Waals surface area contributed by atoms with Gasteiger partial charge < -0.3 is 16.0 Å². The predicted molar refractivity (Wildman–Crippen MR) is 92.7 cm³/mol. The Hall–Kier alpha value is -2.82. The molecule has 1 heterocycles. The Morgan fingerprint density at radius 3 is 2.45 bits per heavy atom. The summed E-state index contributed by atoms with van der Waals surface area (Å²) in [6.07, 6.45) is 0. The Bertz CT molecular complexity index is 811. The van der Waals surface area contributed by atoms with E-state index in [2.05, 4.69) is 32.3 Å². The van der Waals surface area contributed by atoms with Crippen LogP contribution in [-0.2, 0) is 0 Å². The predicted octanol–water partition coefficient (Wildman–Crippen LogP) is 3.33. The van der Waals surface area contributed by atoms with Gasteiger partial charge in [-0.15, -0.1) is 0 Å². The summed E-state index contributed by atoms with van der Waals surface area (Å²) in [7, 11) is 3.90. The third-order valence-electron chi connectivity index (χ3n) is 3.67. The maximum Gasteiger partial charge on any atom is 0.144 e. The normalized spacial score (nSPS) is 10.7. The SMILES string of the molecule is CNc1ccc(N(C)c2nc(C)nc3ccc(N)cc23)cc1. The molecule has 5 nitrogen and oxygen atoms in total. The lowest BCUT2D eigenvalue weighted by molar-refractivity contribution is 1.04. The average Bonchev–Trinajstić information content (AvgIpc) is 2.54. The highest BCUT2D eigenvalue weighted by Gasteiger charge is 2.12. The van der Waals surface area contributed by atoms with Crippen molar-refractivity contribution in [2.45, 2.75) is 6.92 Å². The van der Waals surface area contributed by atoms with Gasteiger partial charge in [0.15, 0.2) is 0 Å². The number of nitrogens with one attached hydrogen (secondary N) is 1. The van der Waals surface area contributed by atoms with Crippen LogP contribution in [0.15, 0.2) is 42.5 Å². The van der Waals surface area contributed by atoms with Gasteiger partial charge in [-0.25, -0.2) is 9.97 Å². The Balaban J connectivity index is 2.12. The molecule has 0 saturated heterocycles. The van der Waals surface area contributed by atoms with Gasteiger partial charge in [-0.3, -0.25) is 0 Å². The standard InChI is InChI=1S/C17H19N5/c1-11-20-16-9-4-12(18)10-15(16)17(21-11)22(3)14-7-5-13(19-2)6-8-14/h4-10,19H,18H2,1-3H3. The molecule has 0 unspecified atom stereocenters. The van der Waals surface area contributed by atoms with Crippen LogP contribution in [0.2, 0.25) is 0 Å². The fourth-order valence-corrected chi connectivity index (χ4v) is 2.47. The first kappa shape index (κ1) is 14.1. The summed E-state index contributed by atoms with van der Waals surface area (Å²) in [6, 6.07) is 13.9. The molecular formula is C17H19N5. The fraction of sp³-hybridized carbons (Fsp3) is 0.176. The van der Waals surface area contributed by atoms with Gasteiger partial charge in [-0.1, -0.05) is 0 Å². The number of nitrogens with zero attached hydrogens (tertiary/aromatic N) is 3. The number of aryl methyl sites for hydroxylation is 1. The summed E-state index contributed by atoms with van der Waals surface area (Å²) in [5, 5.41) is 4.07. The van der Waals surface area contributed by atoms with E-state index in [9.17, 15) is 0 Å². The first-order valence-electron chi connectivity index (χ1n) is 7.14. The molecule has 0 radical (unpaired) electrons. The molecule has 0 spiro atoms. The Morgan fingerprint density at radius 2 is 1.77 bits per heavy atom. The molecular weight excluding hydrogens is 274 g/mol. The molecule has 0 aliphatic carbocycles. The number of rotatable bonds is 3. The average molecular weight is 293 g/mol. The molecule has 0 amide bonds. The van der Waals surface area contributed by atoms with E-state index in [4.69, 9.17) is 5.73 Å². The van der Waals surface area contributed by atoms with E-state index in [0.717, 1.165) is 33.9 Å². The molecule has 0 aliphatic heterocycles. The van der Waals surface area contributed by atoms with Crippen molar-refractivity contribution in [2.75, 3.05) is 30.0 Å². The molecule has 2 aromatic carbocycles. The van der Waals surface area contributed by atoms with Crippen LogP contribution in [0.5, 0.6) is 0 Å². The summed E-state index contributed by atoms with van der Waals surface area (Å²) in [4.78, 5) is 11.1. The minimum Gasteiger partial charge on any atom is -0.399 e. The highest BCUT2D eigenvalue weighted by molar-refractivity contribution is 5.93. The third-order valence-corrected chi connectivity index (χ3v) is 3.67. The summed E-state index contributed by atoms with van der Waals surface area (Å²) in [5.74, 6) is 1.60. The number of anilines is 4. The van der Waals surface area contributed by atoms with Crippen molar-refractivity contribution >= 4 is 33.8 Å². The van der Waals surface area contributed by atoms with E-state index >= 15 is 0 Å². The van der Waals surface area contributed by atoms with Gasteiger partial charge in [0, 0.05) is 36.5 Å². The van der Waals surface area contributed by atoms with Gasteiger partial charge in [0.2, 0.25) is 0 Å².